The summed E-state index contributed by atoms with van der Waals surface area (Å²) in [6.07, 6.45) is 0. The van der Waals surface area contributed by atoms with Crippen LogP contribution in [0.15, 0.2) is 35.7 Å². The summed E-state index contributed by atoms with van der Waals surface area (Å²) in [6, 6.07) is 7.72. The molecule has 1 aliphatic heterocycles. The summed E-state index contributed by atoms with van der Waals surface area (Å²) < 4.78 is 38.6. The maximum absolute atomic E-state index is 14.0. The van der Waals surface area contributed by atoms with Gasteiger partial charge in [0.2, 0.25) is 0 Å². The van der Waals surface area contributed by atoms with E-state index >= 15 is 0 Å². The first-order valence-corrected chi connectivity index (χ1v) is 9.86. The molecule has 1 fully saturated rings. The van der Waals surface area contributed by atoms with Crippen LogP contribution in [0.1, 0.15) is 20.5 Å². The predicted octanol–water partition coefficient (Wildman–Crippen LogP) is 3.15. The minimum absolute atomic E-state index is 0.0215. The number of sulfone groups is 1. The Bertz CT molecular complexity index is 836. The van der Waals surface area contributed by atoms with Gasteiger partial charge in [0.15, 0.2) is 15.7 Å². The van der Waals surface area contributed by atoms with Gasteiger partial charge in [0, 0.05) is 18.0 Å². The van der Waals surface area contributed by atoms with Crippen molar-refractivity contribution in [3.05, 3.63) is 57.0 Å². The van der Waals surface area contributed by atoms with Gasteiger partial charge in [0.05, 0.1) is 16.3 Å². The Morgan fingerprint density at radius 2 is 2.09 bits per heavy atom. The van der Waals surface area contributed by atoms with Crippen molar-refractivity contribution in [1.82, 2.24) is 4.90 Å². The molecule has 3 rings (SSSR count). The molecule has 0 spiro atoms. The molecule has 1 saturated heterocycles. The summed E-state index contributed by atoms with van der Waals surface area (Å²) >= 11 is 7.05. The van der Waals surface area contributed by atoms with E-state index in [0.717, 1.165) is 0 Å². The van der Waals surface area contributed by atoms with Crippen LogP contribution in [-0.4, -0.2) is 38.1 Å². The minimum Gasteiger partial charge on any atom is -0.336 e. The Balaban J connectivity index is 1.90. The van der Waals surface area contributed by atoms with Gasteiger partial charge in [-0.2, -0.15) is 0 Å². The third kappa shape index (κ3) is 3.13. The quantitative estimate of drug-likeness (QED) is 0.812. The first kappa shape index (κ1) is 16.4. The highest BCUT2D eigenvalue weighted by Crippen LogP contribution is 2.32. The topological polar surface area (TPSA) is 54.5 Å². The molecule has 4 nitrogen and oxygen atoms in total. The zero-order valence-electron chi connectivity index (χ0n) is 11.9. The lowest BCUT2D eigenvalue weighted by Gasteiger charge is -2.32. The van der Waals surface area contributed by atoms with Gasteiger partial charge in [0.25, 0.3) is 5.91 Å². The fourth-order valence-corrected chi connectivity index (χ4v) is 5.63. The molecule has 23 heavy (non-hydrogen) atoms. The van der Waals surface area contributed by atoms with Crippen molar-refractivity contribution < 1.29 is 17.6 Å². The summed E-state index contributed by atoms with van der Waals surface area (Å²) in [6.45, 7) is 0.0721. The van der Waals surface area contributed by atoms with Crippen LogP contribution in [-0.2, 0) is 9.84 Å². The monoisotopic (exact) mass is 373 g/mol. The van der Waals surface area contributed by atoms with Crippen LogP contribution >= 0.6 is 22.9 Å². The summed E-state index contributed by atoms with van der Waals surface area (Å²) in [5, 5.41) is 0.903. The maximum Gasteiger partial charge on any atom is 0.256 e. The number of thiophene rings is 1. The third-order valence-electron chi connectivity index (χ3n) is 3.80. The van der Waals surface area contributed by atoms with Gasteiger partial charge in [0.1, 0.15) is 5.25 Å². The van der Waals surface area contributed by atoms with Crippen molar-refractivity contribution in [1.29, 1.82) is 0 Å². The Morgan fingerprint density at radius 1 is 1.30 bits per heavy atom. The molecular formula is C15H13ClFNO3S2. The standard InChI is InChI=1S/C15H13ClFNO3S2/c16-11-4-1-3-10(14(11)17)15(19)18-6-8-23(20,21)13(9-18)12-5-2-7-22-12/h1-5,7,13H,6,8-9H2/t13-/m0/s1. The summed E-state index contributed by atoms with van der Waals surface area (Å²) in [5.74, 6) is -1.45. The van der Waals surface area contributed by atoms with Gasteiger partial charge in [-0.3, -0.25) is 4.79 Å². The highest BCUT2D eigenvalue weighted by Gasteiger charge is 2.37. The maximum atomic E-state index is 14.0. The van der Waals surface area contributed by atoms with E-state index in [-0.39, 0.29) is 29.4 Å². The molecule has 0 saturated carbocycles. The molecule has 0 N–H and O–H groups in total. The van der Waals surface area contributed by atoms with E-state index in [1.54, 1.807) is 17.5 Å². The van der Waals surface area contributed by atoms with Crippen LogP contribution in [0.2, 0.25) is 5.02 Å². The van der Waals surface area contributed by atoms with Crippen molar-refractivity contribution in [3.8, 4) is 0 Å². The second-order valence-electron chi connectivity index (χ2n) is 5.22. The number of halogens is 2. The van der Waals surface area contributed by atoms with Crippen molar-refractivity contribution in [3.63, 3.8) is 0 Å². The number of nitrogens with zero attached hydrogens (tertiary/aromatic N) is 1. The van der Waals surface area contributed by atoms with Crippen LogP contribution in [0.5, 0.6) is 0 Å². The van der Waals surface area contributed by atoms with Gasteiger partial charge in [-0.15, -0.1) is 11.3 Å². The average molecular weight is 374 g/mol. The van der Waals surface area contributed by atoms with Gasteiger partial charge >= 0.3 is 0 Å². The van der Waals surface area contributed by atoms with E-state index in [2.05, 4.69) is 0 Å². The first-order valence-electron chi connectivity index (χ1n) is 6.88. The summed E-state index contributed by atoms with van der Waals surface area (Å²) in [7, 11) is -3.32. The molecule has 1 aromatic heterocycles. The lowest BCUT2D eigenvalue weighted by molar-refractivity contribution is 0.0754. The molecule has 1 amide bonds. The van der Waals surface area contributed by atoms with E-state index in [0.29, 0.717) is 4.88 Å². The Labute approximate surface area is 142 Å². The van der Waals surface area contributed by atoms with E-state index < -0.39 is 26.8 Å². The largest absolute Gasteiger partial charge is 0.336 e. The van der Waals surface area contributed by atoms with Crippen molar-refractivity contribution >= 4 is 38.7 Å². The SMILES string of the molecule is O=C(c1cccc(Cl)c1F)N1CCS(=O)(=O)[C@H](c2cccs2)C1. The Hall–Kier alpha value is -1.44. The molecule has 122 valence electrons. The van der Waals surface area contributed by atoms with Gasteiger partial charge in [-0.25, -0.2) is 12.8 Å². The molecule has 2 heterocycles. The average Bonchev–Trinajstić information content (AvgIpc) is 3.03. The zero-order chi connectivity index (χ0) is 16.6. The molecule has 0 unspecified atom stereocenters. The zero-order valence-corrected chi connectivity index (χ0v) is 14.3. The summed E-state index contributed by atoms with van der Waals surface area (Å²) in [5.41, 5.74) is -0.137. The second-order valence-corrected chi connectivity index (χ2v) is 8.91. The fraction of sp³-hybridized carbons (Fsp3) is 0.267. The van der Waals surface area contributed by atoms with E-state index in [4.69, 9.17) is 11.6 Å². The number of rotatable bonds is 2. The molecule has 0 bridgehead atoms. The molecule has 1 aliphatic rings. The van der Waals surface area contributed by atoms with Crippen LogP contribution in [0.25, 0.3) is 0 Å². The van der Waals surface area contributed by atoms with Crippen LogP contribution in [0.3, 0.4) is 0 Å². The van der Waals surface area contributed by atoms with Crippen LogP contribution in [0, 0.1) is 5.82 Å². The number of amides is 1. The Morgan fingerprint density at radius 3 is 2.78 bits per heavy atom. The molecule has 8 heteroatoms. The van der Waals surface area contributed by atoms with Crippen LogP contribution < -0.4 is 0 Å². The number of carbonyl (C=O) groups is 1. The molecule has 0 aliphatic carbocycles. The molecule has 2 aromatic rings. The summed E-state index contributed by atoms with van der Waals surface area (Å²) in [4.78, 5) is 14.6. The predicted molar refractivity (Wildman–Crippen MR) is 88.2 cm³/mol. The van der Waals surface area contributed by atoms with E-state index in [9.17, 15) is 17.6 Å². The van der Waals surface area contributed by atoms with E-state index in [1.807, 2.05) is 0 Å². The van der Waals surface area contributed by atoms with E-state index in [1.165, 1.54) is 34.4 Å². The fourth-order valence-electron chi connectivity index (χ4n) is 2.55. The van der Waals surface area contributed by atoms with Crippen molar-refractivity contribution in [2.45, 2.75) is 5.25 Å². The smallest absolute Gasteiger partial charge is 0.256 e. The van der Waals surface area contributed by atoms with Crippen molar-refractivity contribution in [2.24, 2.45) is 0 Å². The molecular weight excluding hydrogens is 361 g/mol. The van der Waals surface area contributed by atoms with Crippen LogP contribution in [0.4, 0.5) is 4.39 Å². The van der Waals surface area contributed by atoms with Gasteiger partial charge in [-0.1, -0.05) is 23.7 Å². The lowest BCUT2D eigenvalue weighted by Crippen LogP contribution is -2.45. The number of carbonyl (C=O) groups excluding carboxylic acids is 1. The number of hydrogen-bond donors (Lipinski definition) is 0. The molecule has 1 aromatic carbocycles. The van der Waals surface area contributed by atoms with Crippen molar-refractivity contribution in [2.75, 3.05) is 18.8 Å². The molecule has 0 radical (unpaired) electrons. The number of hydrogen-bond acceptors (Lipinski definition) is 4. The molecule has 1 atom stereocenters. The Kier molecular flexibility index (Phi) is 4.44. The van der Waals surface area contributed by atoms with Gasteiger partial charge < -0.3 is 4.90 Å². The normalized spacial score (nSPS) is 20.4. The second kappa shape index (κ2) is 6.22. The highest BCUT2D eigenvalue weighted by atomic mass is 35.5. The highest BCUT2D eigenvalue weighted by molar-refractivity contribution is 7.91. The lowest BCUT2D eigenvalue weighted by atomic mass is 10.1. The first-order chi connectivity index (χ1) is 10.9. The van der Waals surface area contributed by atoms with Gasteiger partial charge in [-0.05, 0) is 23.6 Å². The number of benzene rings is 1. The minimum atomic E-state index is -3.32. The third-order valence-corrected chi connectivity index (χ3v) is 7.24.